The summed E-state index contributed by atoms with van der Waals surface area (Å²) in [6.45, 7) is 5.94. The molecule has 162 valence electrons. The van der Waals surface area contributed by atoms with E-state index in [1.165, 1.54) is 11.8 Å². The third-order valence-corrected chi connectivity index (χ3v) is 5.56. The number of hydrogen-bond donors (Lipinski definition) is 2. The largest absolute Gasteiger partial charge is 0.353 e. The van der Waals surface area contributed by atoms with Gasteiger partial charge in [0.1, 0.15) is 6.04 Å². The van der Waals surface area contributed by atoms with Crippen molar-refractivity contribution < 1.29 is 19.2 Å². The number of nitrogens with zero attached hydrogens (tertiary/aromatic N) is 3. The first-order valence-electron chi connectivity index (χ1n) is 10.2. The molecule has 0 radical (unpaired) electrons. The van der Waals surface area contributed by atoms with E-state index < -0.39 is 6.04 Å². The van der Waals surface area contributed by atoms with Crippen LogP contribution >= 0.6 is 0 Å². The Morgan fingerprint density at radius 1 is 1.07 bits per heavy atom. The molecule has 0 bridgehead atoms. The summed E-state index contributed by atoms with van der Waals surface area (Å²) in [4.78, 5) is 55.0. The number of anilines is 1. The molecule has 0 unspecified atom stereocenters. The van der Waals surface area contributed by atoms with Crippen LogP contribution in [-0.2, 0) is 14.4 Å². The zero-order valence-electron chi connectivity index (χ0n) is 17.5. The second-order valence-corrected chi connectivity index (χ2v) is 7.86. The van der Waals surface area contributed by atoms with Gasteiger partial charge in [-0.3, -0.25) is 24.1 Å². The normalized spacial score (nSPS) is 20.5. The highest BCUT2D eigenvalue weighted by molar-refractivity contribution is 5.98. The molecule has 0 aliphatic carbocycles. The Morgan fingerprint density at radius 2 is 1.73 bits per heavy atom. The van der Waals surface area contributed by atoms with Crippen LogP contribution in [0.4, 0.5) is 5.69 Å². The van der Waals surface area contributed by atoms with Gasteiger partial charge in [0.25, 0.3) is 0 Å². The van der Waals surface area contributed by atoms with Crippen LogP contribution in [0.2, 0.25) is 0 Å². The first-order chi connectivity index (χ1) is 14.3. The van der Waals surface area contributed by atoms with Crippen LogP contribution in [0.25, 0.3) is 0 Å². The molecule has 2 fully saturated rings. The van der Waals surface area contributed by atoms with Crippen LogP contribution in [0.3, 0.4) is 0 Å². The molecule has 2 aliphatic heterocycles. The van der Waals surface area contributed by atoms with Gasteiger partial charge in [-0.05, 0) is 38.2 Å². The second-order valence-electron chi connectivity index (χ2n) is 7.86. The van der Waals surface area contributed by atoms with Crippen LogP contribution in [0.5, 0.6) is 0 Å². The maximum atomic E-state index is 12.9. The van der Waals surface area contributed by atoms with Gasteiger partial charge in [0, 0.05) is 50.5 Å². The van der Waals surface area contributed by atoms with Crippen molar-refractivity contribution in [2.75, 3.05) is 58.2 Å². The minimum atomic E-state index is -0.824. The summed E-state index contributed by atoms with van der Waals surface area (Å²) in [6.07, 6.45) is -0.116. The molecule has 2 N–H and O–H groups in total. The van der Waals surface area contributed by atoms with Crippen molar-refractivity contribution in [2.45, 2.75) is 19.4 Å². The van der Waals surface area contributed by atoms with E-state index in [1.54, 1.807) is 24.3 Å². The van der Waals surface area contributed by atoms with E-state index >= 15 is 0 Å². The lowest BCUT2D eigenvalue weighted by Crippen LogP contribution is -2.60. The van der Waals surface area contributed by atoms with E-state index in [0.29, 0.717) is 24.3 Å². The standard InChI is InChI=1S/C21H29N5O4/c1-15(27)16-3-5-17(6-4-16)23-19(28)13-18-21(30)22-7-8-26(18)20(29)14-25-11-9-24(2)10-12-25/h3-6,18H,7-14H2,1-2H3,(H,22,30)(H,23,28)/t18-/m0/s1. The van der Waals surface area contributed by atoms with Crippen molar-refractivity contribution in [2.24, 2.45) is 0 Å². The Balaban J connectivity index is 1.59. The molecular weight excluding hydrogens is 386 g/mol. The molecule has 1 aromatic rings. The van der Waals surface area contributed by atoms with Gasteiger partial charge in [0.15, 0.2) is 5.78 Å². The number of nitrogens with one attached hydrogen (secondary N) is 2. The molecule has 2 saturated heterocycles. The maximum Gasteiger partial charge on any atom is 0.243 e. The van der Waals surface area contributed by atoms with Crippen molar-refractivity contribution in [3.8, 4) is 0 Å². The van der Waals surface area contributed by atoms with Crippen molar-refractivity contribution in [3.63, 3.8) is 0 Å². The average molecular weight is 415 g/mol. The zero-order valence-corrected chi connectivity index (χ0v) is 17.5. The summed E-state index contributed by atoms with van der Waals surface area (Å²) in [6, 6.07) is 5.74. The number of amides is 3. The van der Waals surface area contributed by atoms with E-state index in [4.69, 9.17) is 0 Å². The van der Waals surface area contributed by atoms with Crippen LogP contribution in [0.15, 0.2) is 24.3 Å². The highest BCUT2D eigenvalue weighted by Crippen LogP contribution is 2.14. The van der Waals surface area contributed by atoms with E-state index in [9.17, 15) is 19.2 Å². The third kappa shape index (κ3) is 5.64. The maximum absolute atomic E-state index is 12.9. The number of benzene rings is 1. The fraction of sp³-hybridized carbons (Fsp3) is 0.524. The SMILES string of the molecule is CC(=O)c1ccc(NC(=O)C[C@H]2C(=O)NCCN2C(=O)CN2CCN(C)CC2)cc1. The smallest absolute Gasteiger partial charge is 0.243 e. The van der Waals surface area contributed by atoms with Gasteiger partial charge in [-0.15, -0.1) is 0 Å². The first-order valence-corrected chi connectivity index (χ1v) is 10.2. The van der Waals surface area contributed by atoms with Gasteiger partial charge >= 0.3 is 0 Å². The van der Waals surface area contributed by atoms with Crippen LogP contribution < -0.4 is 10.6 Å². The Labute approximate surface area is 176 Å². The molecule has 0 spiro atoms. The number of Topliss-reactive ketones (excluding diaryl/α,β-unsaturated/α-hetero) is 1. The minimum absolute atomic E-state index is 0.0544. The van der Waals surface area contributed by atoms with Crippen molar-refractivity contribution in [3.05, 3.63) is 29.8 Å². The molecule has 9 heteroatoms. The molecule has 9 nitrogen and oxygen atoms in total. The van der Waals surface area contributed by atoms with Gasteiger partial charge in [-0.25, -0.2) is 0 Å². The number of carbonyl (C=O) groups excluding carboxylic acids is 4. The van der Waals surface area contributed by atoms with Gasteiger partial charge in [-0.2, -0.15) is 0 Å². The Hall–Kier alpha value is -2.78. The van der Waals surface area contributed by atoms with E-state index in [1.807, 2.05) is 0 Å². The van der Waals surface area contributed by atoms with Crippen molar-refractivity contribution >= 4 is 29.2 Å². The summed E-state index contributed by atoms with van der Waals surface area (Å²) in [5.74, 6) is -0.848. The lowest BCUT2D eigenvalue weighted by atomic mass is 10.1. The second kappa shape index (κ2) is 9.82. The fourth-order valence-electron chi connectivity index (χ4n) is 3.68. The van der Waals surface area contributed by atoms with Gasteiger partial charge in [0.2, 0.25) is 17.7 Å². The lowest BCUT2D eigenvalue weighted by Gasteiger charge is -2.37. The van der Waals surface area contributed by atoms with E-state index in [-0.39, 0.29) is 36.5 Å². The highest BCUT2D eigenvalue weighted by atomic mass is 16.2. The van der Waals surface area contributed by atoms with Gasteiger partial charge < -0.3 is 20.4 Å². The van der Waals surface area contributed by atoms with Crippen LogP contribution in [0, 0.1) is 0 Å². The molecule has 1 atom stereocenters. The molecule has 3 rings (SSSR count). The van der Waals surface area contributed by atoms with E-state index in [0.717, 1.165) is 26.2 Å². The Bertz CT molecular complexity index is 802. The zero-order chi connectivity index (χ0) is 21.7. The predicted octanol–water partition coefficient (Wildman–Crippen LogP) is -0.208. The Morgan fingerprint density at radius 3 is 2.37 bits per heavy atom. The van der Waals surface area contributed by atoms with Crippen molar-refractivity contribution in [1.82, 2.24) is 20.0 Å². The first kappa shape index (κ1) is 21.9. The van der Waals surface area contributed by atoms with Crippen LogP contribution in [-0.4, -0.2) is 97.1 Å². The molecule has 1 aromatic carbocycles. The van der Waals surface area contributed by atoms with E-state index in [2.05, 4.69) is 27.5 Å². The monoisotopic (exact) mass is 415 g/mol. The third-order valence-electron chi connectivity index (χ3n) is 5.56. The molecule has 0 aromatic heterocycles. The predicted molar refractivity (Wildman–Crippen MR) is 112 cm³/mol. The Kier molecular flexibility index (Phi) is 7.17. The topological polar surface area (TPSA) is 102 Å². The average Bonchev–Trinajstić information content (AvgIpc) is 2.71. The number of ketones is 1. The number of piperazine rings is 2. The summed E-state index contributed by atoms with van der Waals surface area (Å²) in [7, 11) is 2.05. The molecule has 2 aliphatic rings. The summed E-state index contributed by atoms with van der Waals surface area (Å²) in [5, 5.41) is 5.48. The highest BCUT2D eigenvalue weighted by Gasteiger charge is 2.35. The quantitative estimate of drug-likeness (QED) is 0.624. The van der Waals surface area contributed by atoms with Crippen LogP contribution in [0.1, 0.15) is 23.7 Å². The number of carbonyl (C=O) groups is 4. The van der Waals surface area contributed by atoms with Gasteiger partial charge in [-0.1, -0.05) is 0 Å². The molecule has 30 heavy (non-hydrogen) atoms. The summed E-state index contributed by atoms with van der Waals surface area (Å²) in [5.41, 5.74) is 1.09. The molecular formula is C21H29N5O4. The summed E-state index contributed by atoms with van der Waals surface area (Å²) < 4.78 is 0. The number of hydrogen-bond acceptors (Lipinski definition) is 6. The number of rotatable bonds is 6. The lowest BCUT2D eigenvalue weighted by molar-refractivity contribution is -0.145. The number of likely N-dealkylation sites (N-methyl/N-ethyl adjacent to an activating group) is 1. The molecule has 0 saturated carbocycles. The van der Waals surface area contributed by atoms with Crippen molar-refractivity contribution in [1.29, 1.82) is 0 Å². The molecule has 2 heterocycles. The minimum Gasteiger partial charge on any atom is -0.353 e. The molecule has 3 amide bonds. The van der Waals surface area contributed by atoms with Gasteiger partial charge in [0.05, 0.1) is 13.0 Å². The summed E-state index contributed by atoms with van der Waals surface area (Å²) >= 11 is 0. The fourth-order valence-corrected chi connectivity index (χ4v) is 3.68.